The highest BCUT2D eigenvalue weighted by Gasteiger charge is 2.12. The van der Waals surface area contributed by atoms with Crippen LogP contribution < -0.4 is 5.73 Å². The van der Waals surface area contributed by atoms with Gasteiger partial charge >= 0.3 is 0 Å². The van der Waals surface area contributed by atoms with E-state index in [1.54, 1.807) is 11.3 Å². The first kappa shape index (κ1) is 17.0. The Labute approximate surface area is 158 Å². The summed E-state index contributed by atoms with van der Waals surface area (Å²) in [6.07, 6.45) is 2.83. The third-order valence-corrected chi connectivity index (χ3v) is 5.79. The summed E-state index contributed by atoms with van der Waals surface area (Å²) >= 11 is 1.72. The molecule has 0 amide bonds. The van der Waals surface area contributed by atoms with Crippen LogP contribution >= 0.6 is 11.3 Å². The van der Waals surface area contributed by atoms with E-state index in [0.29, 0.717) is 0 Å². The van der Waals surface area contributed by atoms with E-state index < -0.39 is 0 Å². The van der Waals surface area contributed by atoms with Crippen LogP contribution in [-0.2, 0) is 12.8 Å². The molecule has 2 N–H and O–H groups in total. The lowest BCUT2D eigenvalue weighted by Gasteiger charge is -2.07. The predicted octanol–water partition coefficient (Wildman–Crippen LogP) is 5.52. The highest BCUT2D eigenvalue weighted by Crippen LogP contribution is 2.28. The first-order valence-corrected chi connectivity index (χ1v) is 9.82. The monoisotopic (exact) mass is 358 g/mol. The van der Waals surface area contributed by atoms with Crippen LogP contribution in [0.3, 0.4) is 0 Å². The van der Waals surface area contributed by atoms with E-state index in [-0.39, 0.29) is 6.04 Å². The zero-order valence-corrected chi connectivity index (χ0v) is 15.5. The quantitative estimate of drug-likeness (QED) is 0.493. The van der Waals surface area contributed by atoms with Gasteiger partial charge in [0.15, 0.2) is 0 Å². The van der Waals surface area contributed by atoms with Crippen molar-refractivity contribution in [2.45, 2.75) is 25.3 Å². The summed E-state index contributed by atoms with van der Waals surface area (Å²) in [4.78, 5) is 4.82. The Morgan fingerprint density at radius 3 is 2.23 bits per heavy atom. The van der Waals surface area contributed by atoms with Crippen molar-refractivity contribution in [3.05, 3.63) is 101 Å². The molecule has 1 heterocycles. The van der Waals surface area contributed by atoms with Crippen molar-refractivity contribution in [1.29, 1.82) is 0 Å². The molecule has 3 heteroatoms. The summed E-state index contributed by atoms with van der Waals surface area (Å²) in [6, 6.07) is 27.6. The summed E-state index contributed by atoms with van der Waals surface area (Å²) in [5.41, 5.74) is 11.4. The largest absolute Gasteiger partial charge is 0.322 e. The number of thiazole rings is 1. The lowest BCUT2D eigenvalue weighted by atomic mass is 10.0. The van der Waals surface area contributed by atoms with E-state index >= 15 is 0 Å². The molecular formula is C23H22N2S. The van der Waals surface area contributed by atoms with E-state index in [1.807, 2.05) is 6.07 Å². The van der Waals surface area contributed by atoms with E-state index in [9.17, 15) is 0 Å². The van der Waals surface area contributed by atoms with Crippen LogP contribution in [0.15, 0.2) is 78.9 Å². The van der Waals surface area contributed by atoms with Gasteiger partial charge in [0.1, 0.15) is 5.01 Å². The molecule has 0 saturated carbocycles. The van der Waals surface area contributed by atoms with Crippen LogP contribution in [0.2, 0.25) is 0 Å². The van der Waals surface area contributed by atoms with Gasteiger partial charge in [-0.2, -0.15) is 0 Å². The average molecular weight is 359 g/mol. The van der Waals surface area contributed by atoms with Crippen LogP contribution in [0.1, 0.15) is 34.2 Å². The Hall–Kier alpha value is -2.49. The minimum Gasteiger partial charge on any atom is -0.322 e. The number of hydrogen-bond acceptors (Lipinski definition) is 3. The Bertz CT molecular complexity index is 977. The van der Waals surface area contributed by atoms with E-state index in [4.69, 9.17) is 10.7 Å². The zero-order valence-electron chi connectivity index (χ0n) is 14.6. The molecule has 4 rings (SSSR count). The zero-order chi connectivity index (χ0) is 17.8. The van der Waals surface area contributed by atoms with Crippen LogP contribution in [0.5, 0.6) is 0 Å². The number of aromatic nitrogens is 1. The van der Waals surface area contributed by atoms with Gasteiger partial charge in [0, 0.05) is 0 Å². The Balaban J connectivity index is 1.48. The van der Waals surface area contributed by atoms with E-state index in [1.165, 1.54) is 21.4 Å². The maximum Gasteiger partial charge on any atom is 0.111 e. The van der Waals surface area contributed by atoms with Gasteiger partial charge in [-0.15, -0.1) is 11.3 Å². The topological polar surface area (TPSA) is 38.9 Å². The van der Waals surface area contributed by atoms with E-state index in [2.05, 4.69) is 72.8 Å². The van der Waals surface area contributed by atoms with Crippen molar-refractivity contribution < 1.29 is 0 Å². The van der Waals surface area contributed by atoms with Crippen molar-refractivity contribution >= 4 is 21.6 Å². The molecule has 3 aromatic carbocycles. The first-order chi connectivity index (χ1) is 12.8. The normalized spacial score (nSPS) is 12.3. The van der Waals surface area contributed by atoms with Gasteiger partial charge in [0.25, 0.3) is 0 Å². The molecule has 130 valence electrons. The van der Waals surface area contributed by atoms with Crippen molar-refractivity contribution in [2.24, 2.45) is 5.73 Å². The minimum atomic E-state index is -0.00909. The highest BCUT2D eigenvalue weighted by molar-refractivity contribution is 7.18. The summed E-state index contributed by atoms with van der Waals surface area (Å²) in [7, 11) is 0. The van der Waals surface area contributed by atoms with Gasteiger partial charge in [0.2, 0.25) is 0 Å². The number of nitrogens with two attached hydrogens (primary N) is 1. The number of hydrogen-bond donors (Lipinski definition) is 1. The van der Waals surface area contributed by atoms with Crippen molar-refractivity contribution in [1.82, 2.24) is 4.98 Å². The molecule has 1 atom stereocenters. The lowest BCUT2D eigenvalue weighted by molar-refractivity contribution is 0.648. The number of benzene rings is 3. The second kappa shape index (κ2) is 7.81. The molecule has 0 saturated heterocycles. The van der Waals surface area contributed by atoms with E-state index in [0.717, 1.165) is 29.8 Å². The molecule has 0 aliphatic carbocycles. The number of fused-ring (bicyclic) bond motifs is 1. The second-order valence-corrected chi connectivity index (χ2v) is 7.71. The smallest absolute Gasteiger partial charge is 0.111 e. The molecule has 4 aromatic rings. The molecular weight excluding hydrogens is 336 g/mol. The van der Waals surface area contributed by atoms with Crippen LogP contribution in [0.4, 0.5) is 0 Å². The summed E-state index contributed by atoms with van der Waals surface area (Å²) < 4.78 is 1.21. The molecule has 0 bridgehead atoms. The molecule has 1 aromatic heterocycles. The number of nitrogens with zero attached hydrogens (tertiary/aromatic N) is 1. The fourth-order valence-corrected chi connectivity index (χ4v) is 4.17. The summed E-state index contributed by atoms with van der Waals surface area (Å²) in [5.74, 6) is 0. The standard InChI is InChI=1S/C23H22N2S/c24-20(13-11-17-7-3-1-4-8-17)23-25-21-16-19(12-14-22(21)26-23)15-18-9-5-2-6-10-18/h1-10,12,14,16,20H,11,13,15,24H2/t20-/m1/s1. The second-order valence-electron chi connectivity index (χ2n) is 6.65. The van der Waals surface area contributed by atoms with Gasteiger partial charge in [-0.05, 0) is 48.1 Å². The SMILES string of the molecule is N[C@H](CCc1ccccc1)c1nc2cc(Cc3ccccc3)ccc2s1. The fraction of sp³-hybridized carbons (Fsp3) is 0.174. The molecule has 0 fully saturated rings. The molecule has 0 radical (unpaired) electrons. The van der Waals surface area contributed by atoms with Gasteiger partial charge < -0.3 is 5.73 Å². The Morgan fingerprint density at radius 2 is 1.50 bits per heavy atom. The highest BCUT2D eigenvalue weighted by atomic mass is 32.1. The van der Waals surface area contributed by atoms with Gasteiger partial charge in [-0.1, -0.05) is 66.7 Å². The van der Waals surface area contributed by atoms with Gasteiger partial charge in [-0.25, -0.2) is 4.98 Å². The van der Waals surface area contributed by atoms with Crippen LogP contribution in [0, 0.1) is 0 Å². The van der Waals surface area contributed by atoms with Gasteiger partial charge in [0.05, 0.1) is 16.3 Å². The van der Waals surface area contributed by atoms with Crippen LogP contribution in [0.25, 0.3) is 10.2 Å². The molecule has 0 spiro atoms. The molecule has 0 aliphatic rings. The summed E-state index contributed by atoms with van der Waals surface area (Å²) in [6.45, 7) is 0. The third kappa shape index (κ3) is 4.01. The predicted molar refractivity (Wildman–Crippen MR) is 111 cm³/mol. The minimum absolute atomic E-state index is 0.00909. The van der Waals surface area contributed by atoms with Crippen molar-refractivity contribution in [3.63, 3.8) is 0 Å². The van der Waals surface area contributed by atoms with Crippen molar-refractivity contribution in [3.8, 4) is 0 Å². The lowest BCUT2D eigenvalue weighted by Crippen LogP contribution is -2.10. The summed E-state index contributed by atoms with van der Waals surface area (Å²) in [5, 5.41) is 1.03. The van der Waals surface area contributed by atoms with Gasteiger partial charge in [-0.3, -0.25) is 0 Å². The maximum absolute atomic E-state index is 6.42. The molecule has 2 nitrogen and oxygen atoms in total. The molecule has 0 unspecified atom stereocenters. The molecule has 26 heavy (non-hydrogen) atoms. The van der Waals surface area contributed by atoms with Crippen LogP contribution in [-0.4, -0.2) is 4.98 Å². The Morgan fingerprint density at radius 1 is 0.808 bits per heavy atom. The van der Waals surface area contributed by atoms with Crippen molar-refractivity contribution in [2.75, 3.05) is 0 Å². The number of aryl methyl sites for hydroxylation is 1. The number of rotatable bonds is 6. The fourth-order valence-electron chi connectivity index (χ4n) is 3.18. The average Bonchev–Trinajstić information content (AvgIpc) is 3.11. The Kier molecular flexibility index (Phi) is 5.09. The first-order valence-electron chi connectivity index (χ1n) is 9.01. The maximum atomic E-state index is 6.42. The molecule has 0 aliphatic heterocycles. The third-order valence-electron chi connectivity index (χ3n) is 4.62.